The Kier molecular flexibility index (Phi) is 4.40. The fraction of sp³-hybridized carbons (Fsp3) is 0.545. The second kappa shape index (κ2) is 6.38. The first-order chi connectivity index (χ1) is 11.7. The molecule has 1 aromatic rings. The highest BCUT2D eigenvalue weighted by molar-refractivity contribution is 7.80. The Hall–Kier alpha value is -2.58. The number of rotatable bonds is 5. The Labute approximate surface area is 141 Å². The summed E-state index contributed by atoms with van der Waals surface area (Å²) in [6.07, 6.45) is 1.87. The monoisotopic (exact) mass is 373 g/mol. The lowest BCUT2D eigenvalue weighted by Gasteiger charge is -2.29. The number of amides is 3. The largest absolute Gasteiger partial charge is 0.418 e. The molecule has 0 aliphatic carbocycles. The molecule has 4 N–H and O–H groups in total. The van der Waals surface area contributed by atoms with Crippen molar-refractivity contribution in [2.24, 2.45) is 10.7 Å². The van der Waals surface area contributed by atoms with E-state index in [2.05, 4.69) is 24.5 Å². The molecule has 2 unspecified atom stereocenters. The van der Waals surface area contributed by atoms with Gasteiger partial charge in [0, 0.05) is 6.54 Å². The summed E-state index contributed by atoms with van der Waals surface area (Å²) < 4.78 is 34.8. The van der Waals surface area contributed by atoms with Gasteiger partial charge >= 0.3 is 16.4 Å². The summed E-state index contributed by atoms with van der Waals surface area (Å²) in [7, 11) is -4.82. The number of aromatic amines is 1. The molecular formula is C11H15N7O6S. The standard InChI is InChI=1S/C11H15N7O6S/c12-10(15-9(19)3-8-13-5-14-16-8)7-2-1-6-4-17(7)11(20)18(6)24-25(21,22)23/h5-7H,1-4H2,(H2,12,15,19)(H,13,14,16)(H,21,22,23). The molecule has 2 aliphatic heterocycles. The molecule has 2 fully saturated rings. The van der Waals surface area contributed by atoms with E-state index in [1.807, 2.05) is 0 Å². The lowest BCUT2D eigenvalue weighted by molar-refractivity contribution is -0.117. The van der Waals surface area contributed by atoms with Gasteiger partial charge in [-0.25, -0.2) is 9.78 Å². The first kappa shape index (κ1) is 17.2. The number of urea groups is 1. The lowest BCUT2D eigenvalue weighted by atomic mass is 10.0. The number of amidine groups is 1. The van der Waals surface area contributed by atoms with Crippen LogP contribution in [-0.4, -0.2) is 74.5 Å². The molecular weight excluding hydrogens is 358 g/mol. The van der Waals surface area contributed by atoms with E-state index in [0.717, 1.165) is 0 Å². The predicted molar refractivity (Wildman–Crippen MR) is 80.1 cm³/mol. The van der Waals surface area contributed by atoms with Crippen molar-refractivity contribution in [3.8, 4) is 0 Å². The van der Waals surface area contributed by atoms with Crippen LogP contribution in [0.25, 0.3) is 0 Å². The van der Waals surface area contributed by atoms with Crippen LogP contribution in [0, 0.1) is 0 Å². The molecule has 3 amide bonds. The van der Waals surface area contributed by atoms with Crippen molar-refractivity contribution in [3.05, 3.63) is 12.2 Å². The predicted octanol–water partition coefficient (Wildman–Crippen LogP) is -1.77. The first-order valence-corrected chi connectivity index (χ1v) is 8.59. The zero-order valence-corrected chi connectivity index (χ0v) is 13.6. The van der Waals surface area contributed by atoms with Crippen LogP contribution in [0.1, 0.15) is 18.7 Å². The maximum atomic E-state index is 12.3. The highest BCUT2D eigenvalue weighted by Crippen LogP contribution is 2.30. The van der Waals surface area contributed by atoms with Crippen LogP contribution in [0.4, 0.5) is 4.79 Å². The van der Waals surface area contributed by atoms with Gasteiger partial charge in [-0.2, -0.15) is 23.6 Å². The number of hydrogen-bond donors (Lipinski definition) is 3. The van der Waals surface area contributed by atoms with Crippen LogP contribution in [0.3, 0.4) is 0 Å². The molecule has 1 aromatic heterocycles. The van der Waals surface area contributed by atoms with E-state index in [1.54, 1.807) is 0 Å². The van der Waals surface area contributed by atoms with Crippen molar-refractivity contribution in [2.45, 2.75) is 31.3 Å². The number of aromatic nitrogens is 3. The summed E-state index contributed by atoms with van der Waals surface area (Å²) in [5.41, 5.74) is 5.86. The maximum Gasteiger partial charge on any atom is 0.418 e. The maximum absolute atomic E-state index is 12.3. The Morgan fingerprint density at radius 3 is 2.92 bits per heavy atom. The fourth-order valence-corrected chi connectivity index (χ4v) is 3.24. The van der Waals surface area contributed by atoms with Crippen LogP contribution in [0.5, 0.6) is 0 Å². The molecule has 0 aromatic carbocycles. The Morgan fingerprint density at radius 2 is 2.28 bits per heavy atom. The van der Waals surface area contributed by atoms with Gasteiger partial charge in [0.15, 0.2) is 0 Å². The van der Waals surface area contributed by atoms with Gasteiger partial charge in [0.2, 0.25) is 0 Å². The van der Waals surface area contributed by atoms with Gasteiger partial charge in [-0.1, -0.05) is 0 Å². The number of hydroxylamine groups is 2. The van der Waals surface area contributed by atoms with E-state index in [4.69, 9.17) is 10.3 Å². The third kappa shape index (κ3) is 3.75. The van der Waals surface area contributed by atoms with Crippen molar-refractivity contribution >= 4 is 28.2 Å². The number of carbonyl (C=O) groups is 2. The second-order valence-electron chi connectivity index (χ2n) is 5.55. The van der Waals surface area contributed by atoms with Crippen LogP contribution in [-0.2, 0) is 25.9 Å². The van der Waals surface area contributed by atoms with Crippen molar-refractivity contribution in [2.75, 3.05) is 6.54 Å². The van der Waals surface area contributed by atoms with Gasteiger partial charge in [-0.3, -0.25) is 14.4 Å². The SMILES string of the molecule is NC(=NC(=O)Cc1ncn[nH]1)C1CCC2CN1C(=O)N2OS(=O)(=O)O. The molecule has 2 saturated heterocycles. The number of carbonyl (C=O) groups excluding carboxylic acids is 2. The smallest absolute Gasteiger partial charge is 0.385 e. The highest BCUT2D eigenvalue weighted by atomic mass is 32.3. The molecule has 2 bridgehead atoms. The summed E-state index contributed by atoms with van der Waals surface area (Å²) in [5, 5.41) is 6.73. The van der Waals surface area contributed by atoms with E-state index >= 15 is 0 Å². The second-order valence-corrected chi connectivity index (χ2v) is 6.55. The lowest BCUT2D eigenvalue weighted by Crippen LogP contribution is -2.48. The Balaban J connectivity index is 1.70. The van der Waals surface area contributed by atoms with Crippen LogP contribution < -0.4 is 5.73 Å². The van der Waals surface area contributed by atoms with Crippen LogP contribution >= 0.6 is 0 Å². The van der Waals surface area contributed by atoms with E-state index in [0.29, 0.717) is 23.7 Å². The number of nitrogens with two attached hydrogens (primary N) is 1. The van der Waals surface area contributed by atoms with E-state index in [9.17, 15) is 18.0 Å². The van der Waals surface area contributed by atoms with E-state index < -0.39 is 34.4 Å². The number of nitrogens with zero attached hydrogens (tertiary/aromatic N) is 5. The van der Waals surface area contributed by atoms with Gasteiger partial charge in [0.1, 0.15) is 18.0 Å². The summed E-state index contributed by atoms with van der Waals surface area (Å²) in [4.78, 5) is 33.0. The minimum atomic E-state index is -4.82. The molecule has 25 heavy (non-hydrogen) atoms. The number of H-pyrrole nitrogens is 1. The van der Waals surface area contributed by atoms with E-state index in [1.165, 1.54) is 11.2 Å². The quantitative estimate of drug-likeness (QED) is 0.305. The minimum absolute atomic E-state index is 0.0648. The zero-order valence-electron chi connectivity index (χ0n) is 12.8. The molecule has 2 aliphatic rings. The normalized spacial score (nSPS) is 24.0. The molecule has 0 saturated carbocycles. The number of aliphatic imine (C=N–C) groups is 1. The molecule has 14 heteroatoms. The molecule has 0 spiro atoms. The number of hydrogen-bond acceptors (Lipinski definition) is 7. The van der Waals surface area contributed by atoms with Crippen molar-refractivity contribution in [1.82, 2.24) is 25.1 Å². The summed E-state index contributed by atoms with van der Waals surface area (Å²) in [6.45, 7) is 0.144. The Morgan fingerprint density at radius 1 is 1.52 bits per heavy atom. The molecule has 2 atom stereocenters. The van der Waals surface area contributed by atoms with E-state index in [-0.39, 0.29) is 18.8 Å². The van der Waals surface area contributed by atoms with Crippen molar-refractivity contribution < 1.29 is 26.8 Å². The van der Waals surface area contributed by atoms with Crippen molar-refractivity contribution in [3.63, 3.8) is 0 Å². The minimum Gasteiger partial charge on any atom is -0.385 e. The number of piperidine rings is 1. The molecule has 3 heterocycles. The van der Waals surface area contributed by atoms with Crippen molar-refractivity contribution in [1.29, 1.82) is 0 Å². The third-order valence-electron chi connectivity index (χ3n) is 3.88. The molecule has 13 nitrogen and oxygen atoms in total. The third-order valence-corrected chi connectivity index (χ3v) is 4.23. The zero-order chi connectivity index (χ0) is 18.2. The highest BCUT2D eigenvalue weighted by Gasteiger charge is 2.48. The van der Waals surface area contributed by atoms with Gasteiger partial charge in [-0.05, 0) is 12.8 Å². The number of fused-ring (bicyclic) bond motifs is 2. The summed E-state index contributed by atoms with van der Waals surface area (Å²) in [5.74, 6) is -0.297. The average Bonchev–Trinajstić information content (AvgIpc) is 3.09. The van der Waals surface area contributed by atoms with Gasteiger partial charge in [0.25, 0.3) is 5.91 Å². The summed E-state index contributed by atoms with van der Waals surface area (Å²) >= 11 is 0. The molecule has 0 radical (unpaired) electrons. The van der Waals surface area contributed by atoms with Gasteiger partial charge < -0.3 is 10.6 Å². The van der Waals surface area contributed by atoms with Crippen LogP contribution in [0.2, 0.25) is 0 Å². The summed E-state index contributed by atoms with van der Waals surface area (Å²) in [6, 6.07) is -1.98. The number of nitrogens with one attached hydrogen (secondary N) is 1. The van der Waals surface area contributed by atoms with Gasteiger partial charge in [0.05, 0.1) is 18.5 Å². The topological polar surface area (TPSA) is 184 Å². The average molecular weight is 373 g/mol. The Bertz CT molecular complexity index is 807. The van der Waals surface area contributed by atoms with Gasteiger partial charge in [-0.15, -0.1) is 4.28 Å². The molecule has 136 valence electrons. The molecule has 3 rings (SSSR count). The fourth-order valence-electron chi connectivity index (χ4n) is 2.86. The van der Waals surface area contributed by atoms with Crippen LogP contribution in [0.15, 0.2) is 11.3 Å². The first-order valence-electron chi connectivity index (χ1n) is 7.22.